The summed E-state index contributed by atoms with van der Waals surface area (Å²) in [6.07, 6.45) is 0.0902. The number of nitrogens with one attached hydrogen (secondary N) is 2. The maximum atomic E-state index is 11.5. The SMILES string of the molecule is CC(C)OCCNC(=O)Nc1ccc(C(=O)O)cc1O. The molecule has 1 rings (SSSR count). The van der Waals surface area contributed by atoms with Crippen molar-refractivity contribution >= 4 is 17.7 Å². The number of carbonyl (C=O) groups is 2. The molecule has 0 saturated carbocycles. The second-order valence-electron chi connectivity index (χ2n) is 4.34. The zero-order valence-corrected chi connectivity index (χ0v) is 11.3. The fraction of sp³-hybridized carbons (Fsp3) is 0.385. The number of rotatable bonds is 6. The summed E-state index contributed by atoms with van der Waals surface area (Å²) in [6.45, 7) is 4.50. The van der Waals surface area contributed by atoms with Gasteiger partial charge in [0.15, 0.2) is 0 Å². The molecule has 0 aliphatic heterocycles. The Hall–Kier alpha value is -2.28. The van der Waals surface area contributed by atoms with E-state index in [9.17, 15) is 14.7 Å². The average Bonchev–Trinajstić information content (AvgIpc) is 2.36. The van der Waals surface area contributed by atoms with Gasteiger partial charge in [-0.15, -0.1) is 0 Å². The van der Waals surface area contributed by atoms with Crippen LogP contribution in [0.3, 0.4) is 0 Å². The molecule has 0 bridgehead atoms. The molecular weight excluding hydrogens is 264 g/mol. The third-order valence-electron chi connectivity index (χ3n) is 2.33. The Labute approximate surface area is 116 Å². The predicted octanol–water partition coefficient (Wildman–Crippen LogP) is 1.64. The average molecular weight is 282 g/mol. The molecule has 0 unspecified atom stereocenters. The van der Waals surface area contributed by atoms with Crippen LogP contribution in [-0.4, -0.2) is 41.5 Å². The van der Waals surface area contributed by atoms with Crippen molar-refractivity contribution in [3.8, 4) is 5.75 Å². The normalized spacial score (nSPS) is 10.3. The Morgan fingerprint density at radius 1 is 1.35 bits per heavy atom. The number of anilines is 1. The Morgan fingerprint density at radius 3 is 2.60 bits per heavy atom. The summed E-state index contributed by atoms with van der Waals surface area (Å²) < 4.78 is 5.25. The van der Waals surface area contributed by atoms with E-state index in [-0.39, 0.29) is 23.1 Å². The summed E-state index contributed by atoms with van der Waals surface area (Å²) in [4.78, 5) is 22.2. The minimum Gasteiger partial charge on any atom is -0.506 e. The van der Waals surface area contributed by atoms with Crippen molar-refractivity contribution in [2.45, 2.75) is 20.0 Å². The standard InChI is InChI=1S/C13H18N2O5/c1-8(2)20-6-5-14-13(19)15-10-4-3-9(12(17)18)7-11(10)16/h3-4,7-8,16H,5-6H2,1-2H3,(H,17,18)(H2,14,15,19). The minimum atomic E-state index is -1.15. The van der Waals surface area contributed by atoms with Gasteiger partial charge in [0, 0.05) is 6.54 Å². The molecule has 7 nitrogen and oxygen atoms in total. The molecule has 0 aliphatic carbocycles. The van der Waals surface area contributed by atoms with Crippen molar-refractivity contribution in [2.75, 3.05) is 18.5 Å². The van der Waals surface area contributed by atoms with Crippen LogP contribution in [0.5, 0.6) is 5.75 Å². The van der Waals surface area contributed by atoms with Gasteiger partial charge in [-0.25, -0.2) is 9.59 Å². The Morgan fingerprint density at radius 2 is 2.05 bits per heavy atom. The van der Waals surface area contributed by atoms with E-state index in [1.54, 1.807) is 0 Å². The topological polar surface area (TPSA) is 108 Å². The second-order valence-corrected chi connectivity index (χ2v) is 4.34. The number of phenolic OH excluding ortho intramolecular Hbond substituents is 1. The first kappa shape index (κ1) is 15.8. The summed E-state index contributed by atoms with van der Waals surface area (Å²) in [5, 5.41) is 23.3. The lowest BCUT2D eigenvalue weighted by molar-refractivity contribution is 0.0696. The van der Waals surface area contributed by atoms with Crippen LogP contribution in [0.25, 0.3) is 0 Å². The fourth-order valence-corrected chi connectivity index (χ4v) is 1.40. The number of benzene rings is 1. The highest BCUT2D eigenvalue weighted by atomic mass is 16.5. The number of carboxylic acid groups (broad SMARTS) is 1. The molecule has 0 spiro atoms. The van der Waals surface area contributed by atoms with Gasteiger partial charge in [0.2, 0.25) is 0 Å². The van der Waals surface area contributed by atoms with Crippen LogP contribution in [-0.2, 0) is 4.74 Å². The van der Waals surface area contributed by atoms with E-state index in [1.807, 2.05) is 13.8 Å². The van der Waals surface area contributed by atoms with E-state index in [0.29, 0.717) is 13.2 Å². The van der Waals surface area contributed by atoms with Gasteiger partial charge in [0.25, 0.3) is 0 Å². The van der Waals surface area contributed by atoms with E-state index in [2.05, 4.69) is 10.6 Å². The lowest BCUT2D eigenvalue weighted by atomic mass is 10.2. The fourth-order valence-electron chi connectivity index (χ4n) is 1.40. The van der Waals surface area contributed by atoms with Crippen LogP contribution >= 0.6 is 0 Å². The van der Waals surface area contributed by atoms with Gasteiger partial charge in [-0.1, -0.05) is 0 Å². The molecule has 0 aromatic heterocycles. The highest BCUT2D eigenvalue weighted by Crippen LogP contribution is 2.24. The molecule has 20 heavy (non-hydrogen) atoms. The minimum absolute atomic E-state index is 0.0567. The van der Waals surface area contributed by atoms with Crippen molar-refractivity contribution in [3.05, 3.63) is 23.8 Å². The van der Waals surface area contributed by atoms with Gasteiger partial charge in [0.1, 0.15) is 5.75 Å². The Kier molecular flexibility index (Phi) is 5.79. The third kappa shape index (κ3) is 5.15. The van der Waals surface area contributed by atoms with Gasteiger partial charge < -0.3 is 25.6 Å². The largest absolute Gasteiger partial charge is 0.506 e. The number of hydrogen-bond donors (Lipinski definition) is 4. The van der Waals surface area contributed by atoms with E-state index in [4.69, 9.17) is 9.84 Å². The first-order chi connectivity index (χ1) is 9.40. The molecule has 2 amide bonds. The van der Waals surface area contributed by atoms with Crippen LogP contribution in [0, 0.1) is 0 Å². The van der Waals surface area contributed by atoms with Crippen LogP contribution in [0.4, 0.5) is 10.5 Å². The van der Waals surface area contributed by atoms with Crippen LogP contribution < -0.4 is 10.6 Å². The lowest BCUT2D eigenvalue weighted by Crippen LogP contribution is -2.32. The molecule has 0 aliphatic rings. The van der Waals surface area contributed by atoms with Gasteiger partial charge in [0.05, 0.1) is 24.0 Å². The summed E-state index contributed by atoms with van der Waals surface area (Å²) in [6, 6.07) is 3.18. The quantitative estimate of drug-likeness (QED) is 0.468. The highest BCUT2D eigenvalue weighted by molar-refractivity contribution is 5.93. The number of ether oxygens (including phenoxy) is 1. The molecule has 0 radical (unpaired) electrons. The van der Waals surface area contributed by atoms with Gasteiger partial charge in [-0.3, -0.25) is 0 Å². The predicted molar refractivity (Wildman–Crippen MR) is 73.2 cm³/mol. The first-order valence-electron chi connectivity index (χ1n) is 6.13. The smallest absolute Gasteiger partial charge is 0.335 e. The molecular formula is C13H18N2O5. The van der Waals surface area contributed by atoms with E-state index >= 15 is 0 Å². The number of amides is 2. The van der Waals surface area contributed by atoms with Crippen molar-refractivity contribution in [1.82, 2.24) is 5.32 Å². The van der Waals surface area contributed by atoms with Crippen molar-refractivity contribution < 1.29 is 24.5 Å². The number of urea groups is 1. The summed E-state index contributed by atoms with van der Waals surface area (Å²) >= 11 is 0. The number of aromatic carboxylic acids is 1. The van der Waals surface area contributed by atoms with E-state index < -0.39 is 12.0 Å². The van der Waals surface area contributed by atoms with Gasteiger partial charge in [-0.05, 0) is 32.0 Å². The van der Waals surface area contributed by atoms with Crippen molar-refractivity contribution in [1.29, 1.82) is 0 Å². The molecule has 0 atom stereocenters. The summed E-state index contributed by atoms with van der Waals surface area (Å²) in [7, 11) is 0. The second kappa shape index (κ2) is 7.34. The zero-order chi connectivity index (χ0) is 15.1. The molecule has 0 fully saturated rings. The molecule has 1 aromatic carbocycles. The lowest BCUT2D eigenvalue weighted by Gasteiger charge is -2.11. The highest BCUT2D eigenvalue weighted by Gasteiger charge is 2.09. The third-order valence-corrected chi connectivity index (χ3v) is 2.33. The first-order valence-corrected chi connectivity index (χ1v) is 6.13. The summed E-state index contributed by atoms with van der Waals surface area (Å²) in [5.74, 6) is -1.46. The molecule has 0 heterocycles. The maximum Gasteiger partial charge on any atom is 0.335 e. The monoisotopic (exact) mass is 282 g/mol. The van der Waals surface area contributed by atoms with E-state index in [0.717, 1.165) is 6.07 Å². The number of carbonyl (C=O) groups excluding carboxylic acids is 1. The van der Waals surface area contributed by atoms with Crippen LogP contribution in [0.1, 0.15) is 24.2 Å². The number of aromatic hydroxyl groups is 1. The molecule has 4 N–H and O–H groups in total. The van der Waals surface area contributed by atoms with Crippen molar-refractivity contribution in [2.24, 2.45) is 0 Å². The number of phenols is 1. The molecule has 110 valence electrons. The molecule has 7 heteroatoms. The zero-order valence-electron chi connectivity index (χ0n) is 11.3. The summed E-state index contributed by atoms with van der Waals surface area (Å²) in [5.41, 5.74) is 0.0797. The Bertz CT molecular complexity index is 488. The van der Waals surface area contributed by atoms with Crippen LogP contribution in [0.2, 0.25) is 0 Å². The van der Waals surface area contributed by atoms with Crippen LogP contribution in [0.15, 0.2) is 18.2 Å². The number of hydrogen-bond acceptors (Lipinski definition) is 4. The number of carboxylic acids is 1. The Balaban J connectivity index is 2.48. The molecule has 1 aromatic rings. The maximum absolute atomic E-state index is 11.5. The molecule has 0 saturated heterocycles. The van der Waals surface area contributed by atoms with Gasteiger partial charge >= 0.3 is 12.0 Å². The van der Waals surface area contributed by atoms with Gasteiger partial charge in [-0.2, -0.15) is 0 Å². The van der Waals surface area contributed by atoms with Crippen molar-refractivity contribution in [3.63, 3.8) is 0 Å². The van der Waals surface area contributed by atoms with E-state index in [1.165, 1.54) is 12.1 Å².